The SMILES string of the molecule is CC1(N2CCC(n3c(=O)[nH]c4cc(F)ccc43)CC2)CCN(C(=O)O)C1. The van der Waals surface area contributed by atoms with E-state index < -0.39 is 6.09 Å². The molecule has 0 aliphatic carbocycles. The molecule has 1 aromatic carbocycles. The Labute approximate surface area is 150 Å². The minimum absolute atomic E-state index is 0.0681. The van der Waals surface area contributed by atoms with Crippen LogP contribution in [0.1, 0.15) is 32.2 Å². The van der Waals surface area contributed by atoms with Crippen LogP contribution in [0.4, 0.5) is 9.18 Å². The second-order valence-corrected chi connectivity index (χ2v) is 7.63. The second kappa shape index (κ2) is 6.12. The fourth-order valence-corrected chi connectivity index (χ4v) is 4.50. The fourth-order valence-electron chi connectivity index (χ4n) is 4.50. The average molecular weight is 362 g/mol. The Morgan fingerprint density at radius 3 is 2.69 bits per heavy atom. The maximum absolute atomic E-state index is 13.4. The van der Waals surface area contributed by atoms with Gasteiger partial charge in [0.15, 0.2) is 0 Å². The molecule has 0 radical (unpaired) electrons. The summed E-state index contributed by atoms with van der Waals surface area (Å²) in [6.07, 6.45) is 1.59. The molecular formula is C18H23FN4O3. The predicted molar refractivity (Wildman–Crippen MR) is 95.0 cm³/mol. The van der Waals surface area contributed by atoms with Crippen LogP contribution in [0.25, 0.3) is 11.0 Å². The lowest BCUT2D eigenvalue weighted by Gasteiger charge is -2.42. The highest BCUT2D eigenvalue weighted by Gasteiger charge is 2.42. The number of hydrogen-bond donors (Lipinski definition) is 2. The van der Waals surface area contributed by atoms with Crippen LogP contribution < -0.4 is 5.69 Å². The Bertz CT molecular complexity index is 899. The highest BCUT2D eigenvalue weighted by atomic mass is 19.1. The lowest BCUT2D eigenvalue weighted by atomic mass is 9.94. The van der Waals surface area contributed by atoms with Gasteiger partial charge in [-0.25, -0.2) is 14.0 Å². The van der Waals surface area contributed by atoms with Gasteiger partial charge in [-0.15, -0.1) is 0 Å². The van der Waals surface area contributed by atoms with Crippen LogP contribution >= 0.6 is 0 Å². The van der Waals surface area contributed by atoms with Gasteiger partial charge in [0, 0.05) is 37.8 Å². The van der Waals surface area contributed by atoms with Crippen molar-refractivity contribution in [2.24, 2.45) is 0 Å². The molecule has 2 fully saturated rings. The van der Waals surface area contributed by atoms with Crippen LogP contribution in [0, 0.1) is 5.82 Å². The number of aromatic nitrogens is 2. The molecule has 7 nitrogen and oxygen atoms in total. The summed E-state index contributed by atoms with van der Waals surface area (Å²) in [5.74, 6) is -0.363. The van der Waals surface area contributed by atoms with Gasteiger partial charge in [0.1, 0.15) is 5.82 Å². The second-order valence-electron chi connectivity index (χ2n) is 7.63. The summed E-state index contributed by atoms with van der Waals surface area (Å²) in [6.45, 7) is 4.85. The molecule has 4 rings (SSSR count). The highest BCUT2D eigenvalue weighted by molar-refractivity contribution is 5.75. The summed E-state index contributed by atoms with van der Waals surface area (Å²) in [7, 11) is 0. The summed E-state index contributed by atoms with van der Waals surface area (Å²) in [5.41, 5.74) is 0.918. The molecule has 1 amide bonds. The zero-order valence-corrected chi connectivity index (χ0v) is 14.7. The summed E-state index contributed by atoms with van der Waals surface area (Å²) in [5, 5.41) is 9.20. The molecule has 1 atom stereocenters. The summed E-state index contributed by atoms with van der Waals surface area (Å²) < 4.78 is 15.1. The third-order valence-corrected chi connectivity index (χ3v) is 5.99. The van der Waals surface area contributed by atoms with E-state index in [0.29, 0.717) is 18.6 Å². The van der Waals surface area contributed by atoms with E-state index in [4.69, 9.17) is 0 Å². The van der Waals surface area contributed by atoms with Crippen molar-refractivity contribution in [1.82, 2.24) is 19.4 Å². The molecule has 8 heteroatoms. The Balaban J connectivity index is 1.50. The van der Waals surface area contributed by atoms with Crippen LogP contribution in [0.5, 0.6) is 0 Å². The number of hydrogen-bond acceptors (Lipinski definition) is 3. The number of likely N-dealkylation sites (tertiary alicyclic amines) is 2. The van der Waals surface area contributed by atoms with Gasteiger partial charge in [-0.2, -0.15) is 0 Å². The van der Waals surface area contributed by atoms with Gasteiger partial charge in [-0.3, -0.25) is 9.47 Å². The Morgan fingerprint density at radius 1 is 1.31 bits per heavy atom. The number of aromatic amines is 1. The average Bonchev–Trinajstić information content (AvgIpc) is 3.15. The maximum atomic E-state index is 13.4. The van der Waals surface area contributed by atoms with Crippen LogP contribution in [0.3, 0.4) is 0 Å². The zero-order valence-electron chi connectivity index (χ0n) is 14.7. The smallest absolute Gasteiger partial charge is 0.407 e. The van der Waals surface area contributed by atoms with Gasteiger partial charge in [0.05, 0.1) is 11.0 Å². The van der Waals surface area contributed by atoms with Crippen LogP contribution in [0.2, 0.25) is 0 Å². The van der Waals surface area contributed by atoms with Crippen molar-refractivity contribution >= 4 is 17.1 Å². The van der Waals surface area contributed by atoms with Crippen molar-refractivity contribution in [3.63, 3.8) is 0 Å². The van der Waals surface area contributed by atoms with Gasteiger partial charge in [0.2, 0.25) is 0 Å². The highest BCUT2D eigenvalue weighted by Crippen LogP contribution is 2.33. The number of benzene rings is 1. The van der Waals surface area contributed by atoms with Crippen molar-refractivity contribution in [2.75, 3.05) is 26.2 Å². The van der Waals surface area contributed by atoms with E-state index in [1.807, 2.05) is 0 Å². The first-order valence-electron chi connectivity index (χ1n) is 9.00. The number of fused-ring (bicyclic) bond motifs is 1. The van der Waals surface area contributed by atoms with E-state index in [1.54, 1.807) is 10.6 Å². The lowest BCUT2D eigenvalue weighted by Crippen LogP contribution is -2.52. The largest absolute Gasteiger partial charge is 0.465 e. The Hall–Kier alpha value is -2.35. The number of piperidine rings is 1. The molecule has 1 aromatic heterocycles. The number of amides is 1. The molecule has 2 saturated heterocycles. The molecule has 2 aliphatic rings. The van der Waals surface area contributed by atoms with Gasteiger partial charge in [0.25, 0.3) is 0 Å². The molecule has 140 valence electrons. The summed E-state index contributed by atoms with van der Waals surface area (Å²) in [6, 6.07) is 4.44. The molecule has 26 heavy (non-hydrogen) atoms. The van der Waals surface area contributed by atoms with Crippen LogP contribution in [-0.2, 0) is 0 Å². The van der Waals surface area contributed by atoms with Gasteiger partial charge in [-0.1, -0.05) is 0 Å². The van der Waals surface area contributed by atoms with Crippen molar-refractivity contribution in [3.8, 4) is 0 Å². The molecular weight excluding hydrogens is 339 g/mol. The van der Waals surface area contributed by atoms with Crippen molar-refractivity contribution in [2.45, 2.75) is 37.8 Å². The molecule has 2 aromatic rings. The van der Waals surface area contributed by atoms with Gasteiger partial charge < -0.3 is 15.0 Å². The monoisotopic (exact) mass is 362 g/mol. The predicted octanol–water partition coefficient (Wildman–Crippen LogP) is 2.25. The Morgan fingerprint density at radius 2 is 2.04 bits per heavy atom. The molecule has 0 bridgehead atoms. The number of halogens is 1. The summed E-state index contributed by atoms with van der Waals surface area (Å²) in [4.78, 5) is 30.1. The van der Waals surface area contributed by atoms with E-state index in [9.17, 15) is 19.1 Å². The minimum atomic E-state index is -0.860. The molecule has 2 N–H and O–H groups in total. The first-order valence-corrected chi connectivity index (χ1v) is 9.00. The molecule has 1 unspecified atom stereocenters. The maximum Gasteiger partial charge on any atom is 0.407 e. The molecule has 3 heterocycles. The number of imidazole rings is 1. The number of H-pyrrole nitrogens is 1. The first kappa shape index (κ1) is 17.1. The molecule has 2 aliphatic heterocycles. The zero-order chi connectivity index (χ0) is 18.5. The van der Waals surface area contributed by atoms with E-state index in [0.717, 1.165) is 37.9 Å². The Kier molecular flexibility index (Phi) is 4.02. The molecule has 0 saturated carbocycles. The first-order chi connectivity index (χ1) is 12.4. The fraction of sp³-hybridized carbons (Fsp3) is 0.556. The third kappa shape index (κ3) is 2.78. The summed E-state index contributed by atoms with van der Waals surface area (Å²) >= 11 is 0. The topological polar surface area (TPSA) is 81.6 Å². The van der Waals surface area contributed by atoms with E-state index >= 15 is 0 Å². The van der Waals surface area contributed by atoms with E-state index in [1.165, 1.54) is 17.0 Å². The van der Waals surface area contributed by atoms with E-state index in [-0.39, 0.29) is 23.1 Å². The van der Waals surface area contributed by atoms with Crippen molar-refractivity contribution < 1.29 is 14.3 Å². The lowest BCUT2D eigenvalue weighted by molar-refractivity contribution is 0.0682. The van der Waals surface area contributed by atoms with Crippen molar-refractivity contribution in [3.05, 3.63) is 34.5 Å². The van der Waals surface area contributed by atoms with Gasteiger partial charge >= 0.3 is 11.8 Å². The number of nitrogens with zero attached hydrogens (tertiary/aromatic N) is 3. The number of rotatable bonds is 2. The quantitative estimate of drug-likeness (QED) is 0.859. The third-order valence-electron chi connectivity index (χ3n) is 5.99. The standard InChI is InChI=1S/C18H23FN4O3/c1-18(6-9-21(11-18)17(25)26)22-7-4-13(5-8-22)23-15-3-2-12(19)10-14(15)20-16(23)24/h2-3,10,13H,4-9,11H2,1H3,(H,20,24)(H,25,26). The van der Waals surface area contributed by atoms with Crippen molar-refractivity contribution in [1.29, 1.82) is 0 Å². The number of carbonyl (C=O) groups is 1. The van der Waals surface area contributed by atoms with Crippen LogP contribution in [-0.4, -0.2) is 62.3 Å². The van der Waals surface area contributed by atoms with E-state index in [2.05, 4.69) is 16.8 Å². The van der Waals surface area contributed by atoms with Crippen LogP contribution in [0.15, 0.2) is 23.0 Å². The minimum Gasteiger partial charge on any atom is -0.465 e. The molecule has 0 spiro atoms. The van der Waals surface area contributed by atoms with Gasteiger partial charge in [-0.05, 0) is 44.4 Å². The normalized spacial score (nSPS) is 25.2. The number of carboxylic acid groups (broad SMARTS) is 1. The number of nitrogens with one attached hydrogen (secondary N) is 1.